The van der Waals surface area contributed by atoms with Gasteiger partial charge in [-0.1, -0.05) is 37.3 Å². The minimum Gasteiger partial charge on any atom is -0.471 e. The number of aliphatic hydroxyl groups is 2. The fourth-order valence-electron chi connectivity index (χ4n) is 12.5. The number of nitrogens with two attached hydrogens (primary N) is 1. The number of ether oxygens (including phenoxy) is 1. The minimum absolute atomic E-state index is 0.00866. The lowest BCUT2D eigenvalue weighted by Gasteiger charge is -2.58. The monoisotopic (exact) mass is 685 g/mol. The number of hydrogen-bond donors (Lipinski definition) is 4. The molecule has 2 aromatic rings. The van der Waals surface area contributed by atoms with Crippen LogP contribution in [0.15, 0.2) is 52.3 Å². The molecule has 1 aliphatic heterocycles. The largest absolute Gasteiger partial charge is 0.471 e. The zero-order valence-electron chi connectivity index (χ0n) is 30.8. The highest BCUT2D eigenvalue weighted by molar-refractivity contribution is 5.84. The van der Waals surface area contributed by atoms with Gasteiger partial charge in [0, 0.05) is 35.7 Å². The van der Waals surface area contributed by atoms with Crippen LogP contribution in [0.3, 0.4) is 0 Å². The van der Waals surface area contributed by atoms with Crippen LogP contribution in [0.4, 0.5) is 0 Å². The van der Waals surface area contributed by atoms with Crippen LogP contribution < -0.4 is 11.1 Å². The molecule has 7 nitrogen and oxygen atoms in total. The summed E-state index contributed by atoms with van der Waals surface area (Å²) in [4.78, 5) is 4.81. The quantitative estimate of drug-likeness (QED) is 0.0919. The Morgan fingerprint density at radius 3 is 2.78 bits per heavy atom. The van der Waals surface area contributed by atoms with Gasteiger partial charge in [-0.05, 0) is 150 Å². The predicted octanol–water partition coefficient (Wildman–Crippen LogP) is 8.07. The van der Waals surface area contributed by atoms with Gasteiger partial charge in [-0.2, -0.15) is 0 Å². The van der Waals surface area contributed by atoms with E-state index in [1.807, 2.05) is 6.26 Å². The molecular formula is C43H63N3O4. The number of benzene rings is 1. The molecule has 0 radical (unpaired) electrons. The summed E-state index contributed by atoms with van der Waals surface area (Å²) in [6.45, 7) is 11.4. The van der Waals surface area contributed by atoms with Crippen LogP contribution in [0.1, 0.15) is 122 Å². The summed E-state index contributed by atoms with van der Waals surface area (Å²) in [6.07, 6.45) is 21.9. The first-order valence-corrected chi connectivity index (χ1v) is 20.2. The third-order valence-corrected chi connectivity index (χ3v) is 15.4. The van der Waals surface area contributed by atoms with E-state index in [0.717, 1.165) is 69.3 Å². The van der Waals surface area contributed by atoms with Gasteiger partial charge in [0.2, 0.25) is 0 Å². The number of hydrogen-bond acceptors (Lipinski definition) is 5. The van der Waals surface area contributed by atoms with Crippen molar-refractivity contribution in [2.75, 3.05) is 13.1 Å². The number of guanidine groups is 1. The molecule has 274 valence electrons. The second-order valence-corrected chi connectivity index (χ2v) is 18.7. The van der Waals surface area contributed by atoms with Crippen molar-refractivity contribution in [1.82, 2.24) is 5.32 Å². The average molecular weight is 686 g/mol. The first kappa shape index (κ1) is 34.7. The van der Waals surface area contributed by atoms with Crippen molar-refractivity contribution in [3.8, 4) is 0 Å². The molecule has 50 heavy (non-hydrogen) atoms. The van der Waals surface area contributed by atoms with Crippen LogP contribution in [0.25, 0.3) is 10.8 Å². The molecule has 1 spiro atoms. The van der Waals surface area contributed by atoms with E-state index >= 15 is 0 Å². The van der Waals surface area contributed by atoms with Crippen molar-refractivity contribution in [1.29, 1.82) is 0 Å². The van der Waals surface area contributed by atoms with Gasteiger partial charge in [-0.3, -0.25) is 4.99 Å². The molecule has 1 saturated heterocycles. The number of nitrogens with zero attached hydrogens (tertiary/aromatic N) is 1. The number of allylic oxidation sites excluding steroid dienone is 1. The van der Waals surface area contributed by atoms with E-state index in [1.54, 1.807) is 6.26 Å². The Morgan fingerprint density at radius 1 is 1.04 bits per heavy atom. The van der Waals surface area contributed by atoms with Crippen LogP contribution in [0.2, 0.25) is 0 Å². The lowest BCUT2D eigenvalue weighted by Crippen LogP contribution is -2.51. The molecule has 5 N–H and O–H groups in total. The smallest absolute Gasteiger partial charge is 0.188 e. The SMILES string of the molecule is C=C1C[C@@]2(CC[C@H](CC[C@@]3(O)CCC[C@H](O)C3)C2)[C@@H]2O[C@]2(C)CC[C@@H]2[C@@H]1C[C@]2(C)[C@@H]1CC[C@H](CN=C(N)NCCc2cccc3cocc23)C1. The summed E-state index contributed by atoms with van der Waals surface area (Å²) >= 11 is 0. The molecule has 5 saturated carbocycles. The normalized spacial score (nSPS) is 43.2. The Balaban J connectivity index is 0.844. The molecule has 6 fully saturated rings. The molecule has 0 amide bonds. The van der Waals surface area contributed by atoms with Crippen LogP contribution in [0, 0.1) is 40.4 Å². The maximum atomic E-state index is 11.2. The number of furan rings is 1. The van der Waals surface area contributed by atoms with Gasteiger partial charge in [0.15, 0.2) is 5.96 Å². The number of rotatable bonds is 9. The standard InChI is InChI=1S/C43H63N3O4/c1-28-21-42(17-11-29(22-42)12-18-43(48)15-5-8-34(47)23-43)38-41(3,50-38)16-13-37-35(28)24-40(37,2)33-10-9-30(20-33)25-46-39(44)45-19-14-31-6-4-7-32-26-49-27-36(31)32/h4,6-7,26-27,29-30,33-35,37-38,47-48H,1,5,8-25H2,2-3H3,(H3,44,45,46)/t29-,30+,33-,34+,35-,37-,38-,40-,41-,42-,43+/m1/s1. The molecular weight excluding hydrogens is 622 g/mol. The van der Waals surface area contributed by atoms with Crippen LogP contribution in [-0.4, -0.2) is 52.7 Å². The maximum Gasteiger partial charge on any atom is 0.188 e. The van der Waals surface area contributed by atoms with Gasteiger partial charge in [0.05, 0.1) is 35.9 Å². The van der Waals surface area contributed by atoms with E-state index in [4.69, 9.17) is 26.5 Å². The topological polar surface area (TPSA) is 117 Å². The number of fused-ring (bicyclic) bond motifs is 4. The summed E-state index contributed by atoms with van der Waals surface area (Å²) in [5.41, 5.74) is 9.04. The van der Waals surface area contributed by atoms with Crippen molar-refractivity contribution in [2.24, 2.45) is 51.1 Å². The number of nitrogens with one attached hydrogen (secondary N) is 1. The van der Waals surface area contributed by atoms with Gasteiger partial charge >= 0.3 is 0 Å². The Kier molecular flexibility index (Phi) is 9.20. The van der Waals surface area contributed by atoms with Crippen LogP contribution in [0.5, 0.6) is 0 Å². The first-order valence-electron chi connectivity index (χ1n) is 20.2. The van der Waals surface area contributed by atoms with Crippen molar-refractivity contribution in [2.45, 2.75) is 146 Å². The average Bonchev–Trinajstić information content (AvgIpc) is 3.53. The molecule has 7 heteroatoms. The zero-order valence-corrected chi connectivity index (χ0v) is 30.8. The lowest BCUT2D eigenvalue weighted by molar-refractivity contribution is -0.0693. The summed E-state index contributed by atoms with van der Waals surface area (Å²) in [5.74, 6) is 3.91. The summed E-state index contributed by atoms with van der Waals surface area (Å²) in [6, 6.07) is 6.32. The third kappa shape index (κ3) is 6.58. The molecule has 1 aromatic carbocycles. The maximum absolute atomic E-state index is 11.2. The molecule has 0 bridgehead atoms. The van der Waals surface area contributed by atoms with E-state index in [2.05, 4.69) is 37.4 Å². The Labute approximate surface area is 299 Å². The van der Waals surface area contributed by atoms with E-state index in [1.165, 1.54) is 74.3 Å². The fraction of sp³-hybridized carbons (Fsp3) is 0.744. The minimum atomic E-state index is -0.671. The molecule has 1 aromatic heterocycles. The van der Waals surface area contributed by atoms with Crippen molar-refractivity contribution >= 4 is 16.7 Å². The predicted molar refractivity (Wildman–Crippen MR) is 200 cm³/mol. The van der Waals surface area contributed by atoms with Crippen LogP contribution in [-0.2, 0) is 11.2 Å². The van der Waals surface area contributed by atoms with Crippen molar-refractivity contribution in [3.63, 3.8) is 0 Å². The number of aliphatic hydroxyl groups excluding tert-OH is 1. The van der Waals surface area contributed by atoms with E-state index < -0.39 is 5.60 Å². The van der Waals surface area contributed by atoms with Gasteiger partial charge in [-0.15, -0.1) is 0 Å². The van der Waals surface area contributed by atoms with E-state index in [9.17, 15) is 10.2 Å². The Morgan fingerprint density at radius 2 is 1.92 bits per heavy atom. The fourth-order valence-corrected chi connectivity index (χ4v) is 12.5. The van der Waals surface area contributed by atoms with Gasteiger partial charge < -0.3 is 30.4 Å². The first-order chi connectivity index (χ1) is 24.0. The van der Waals surface area contributed by atoms with Crippen molar-refractivity contribution in [3.05, 3.63) is 48.4 Å². The molecule has 6 aliphatic rings. The molecule has 11 atom stereocenters. The summed E-state index contributed by atoms with van der Waals surface area (Å²) < 4.78 is 12.1. The second-order valence-electron chi connectivity index (χ2n) is 18.7. The highest BCUT2D eigenvalue weighted by Gasteiger charge is 2.67. The van der Waals surface area contributed by atoms with Gasteiger partial charge in [0.25, 0.3) is 0 Å². The molecule has 0 unspecified atom stereocenters. The van der Waals surface area contributed by atoms with Gasteiger partial charge in [-0.25, -0.2) is 0 Å². The highest BCUT2D eigenvalue weighted by Crippen LogP contribution is 2.69. The molecule has 8 rings (SSSR count). The van der Waals surface area contributed by atoms with E-state index in [-0.39, 0.29) is 17.1 Å². The van der Waals surface area contributed by atoms with E-state index in [0.29, 0.717) is 47.6 Å². The second kappa shape index (κ2) is 13.3. The Hall–Kier alpha value is -2.35. The number of epoxide rings is 1. The van der Waals surface area contributed by atoms with Crippen LogP contribution >= 0.6 is 0 Å². The Bertz CT molecular complexity index is 1590. The molecule has 5 aliphatic carbocycles. The molecule has 2 heterocycles. The summed E-state index contributed by atoms with van der Waals surface area (Å²) in [5, 5.41) is 27.1. The number of aliphatic imine (C=N–C) groups is 1. The third-order valence-electron chi connectivity index (χ3n) is 15.4. The highest BCUT2D eigenvalue weighted by atomic mass is 16.6. The van der Waals surface area contributed by atoms with Gasteiger partial charge in [0.1, 0.15) is 0 Å². The zero-order chi connectivity index (χ0) is 34.7. The van der Waals surface area contributed by atoms with Crippen molar-refractivity contribution < 1.29 is 19.4 Å². The lowest BCUT2D eigenvalue weighted by atomic mass is 9.46. The summed E-state index contributed by atoms with van der Waals surface area (Å²) in [7, 11) is 0.